The van der Waals surface area contributed by atoms with Crippen LogP contribution < -0.4 is 0 Å². The van der Waals surface area contributed by atoms with E-state index in [4.69, 9.17) is 4.42 Å². The predicted molar refractivity (Wildman–Crippen MR) is 67.1 cm³/mol. The molecule has 90 valence electrons. The molecule has 0 radical (unpaired) electrons. The smallest absolute Gasteiger partial charge is 0.146 e. The fourth-order valence-corrected chi connectivity index (χ4v) is 3.16. The molecule has 2 rings (SSSR count). The highest BCUT2D eigenvalue weighted by atomic mass is 79.9. The Hall–Kier alpha value is -0.280. The zero-order chi connectivity index (χ0) is 11.5. The summed E-state index contributed by atoms with van der Waals surface area (Å²) in [5.41, 5.74) is 0. The normalized spacial score (nSPS) is 27.9. The van der Waals surface area contributed by atoms with Gasteiger partial charge in [0.2, 0.25) is 0 Å². The summed E-state index contributed by atoms with van der Waals surface area (Å²) in [6.07, 6.45) is 7.21. The molecule has 0 aliphatic heterocycles. The number of rotatable bonds is 3. The van der Waals surface area contributed by atoms with Crippen LogP contribution in [0.15, 0.2) is 21.2 Å². The Morgan fingerprint density at radius 3 is 3.00 bits per heavy atom. The molecule has 1 fully saturated rings. The number of aliphatic hydroxyl groups is 1. The van der Waals surface area contributed by atoms with Crippen LogP contribution in [0.5, 0.6) is 0 Å². The summed E-state index contributed by atoms with van der Waals surface area (Å²) in [6, 6.07) is 1.85. The third-order valence-electron chi connectivity index (χ3n) is 3.76. The molecule has 1 aliphatic carbocycles. The second-order valence-corrected chi connectivity index (χ2v) is 5.63. The van der Waals surface area contributed by atoms with Gasteiger partial charge in [-0.3, -0.25) is 0 Å². The van der Waals surface area contributed by atoms with E-state index in [1.807, 2.05) is 6.07 Å². The maximum absolute atomic E-state index is 10.3. The quantitative estimate of drug-likeness (QED) is 0.899. The van der Waals surface area contributed by atoms with Crippen LogP contribution in [-0.4, -0.2) is 5.11 Å². The van der Waals surface area contributed by atoms with E-state index in [1.165, 1.54) is 19.3 Å². The van der Waals surface area contributed by atoms with E-state index in [2.05, 4.69) is 22.9 Å². The van der Waals surface area contributed by atoms with E-state index in [1.54, 1.807) is 6.26 Å². The van der Waals surface area contributed by atoms with Crippen molar-refractivity contribution in [2.75, 3.05) is 0 Å². The van der Waals surface area contributed by atoms with Crippen LogP contribution >= 0.6 is 15.9 Å². The van der Waals surface area contributed by atoms with Gasteiger partial charge in [0.05, 0.1) is 10.7 Å². The van der Waals surface area contributed by atoms with Crippen molar-refractivity contribution in [2.24, 2.45) is 11.8 Å². The first-order chi connectivity index (χ1) is 7.72. The molecule has 0 aromatic carbocycles. The van der Waals surface area contributed by atoms with Crippen LogP contribution in [0, 0.1) is 11.8 Å². The van der Waals surface area contributed by atoms with Gasteiger partial charge in [0.15, 0.2) is 0 Å². The van der Waals surface area contributed by atoms with Crippen LogP contribution in [0.1, 0.15) is 50.9 Å². The molecule has 2 nitrogen and oxygen atoms in total. The van der Waals surface area contributed by atoms with E-state index in [-0.39, 0.29) is 0 Å². The highest BCUT2D eigenvalue weighted by molar-refractivity contribution is 9.10. The van der Waals surface area contributed by atoms with Gasteiger partial charge in [0, 0.05) is 0 Å². The summed E-state index contributed by atoms with van der Waals surface area (Å²) in [5, 5.41) is 10.3. The van der Waals surface area contributed by atoms with Crippen LogP contribution in [0.4, 0.5) is 0 Å². The fraction of sp³-hybridized carbons (Fsp3) is 0.692. The minimum atomic E-state index is -0.446. The molecule has 3 heteroatoms. The summed E-state index contributed by atoms with van der Waals surface area (Å²) in [7, 11) is 0. The summed E-state index contributed by atoms with van der Waals surface area (Å²) in [6.45, 7) is 2.24. The third-order valence-corrected chi connectivity index (χ3v) is 4.42. The Kier molecular flexibility index (Phi) is 4.09. The minimum Gasteiger partial charge on any atom is -0.465 e. The Morgan fingerprint density at radius 2 is 2.38 bits per heavy atom. The molecule has 1 saturated carbocycles. The molecule has 1 heterocycles. The highest BCUT2D eigenvalue weighted by Gasteiger charge is 2.30. The lowest BCUT2D eigenvalue weighted by atomic mass is 9.77. The molecule has 16 heavy (non-hydrogen) atoms. The number of furan rings is 1. The molecule has 1 aromatic rings. The molecular weight excluding hydrogens is 268 g/mol. The lowest BCUT2D eigenvalue weighted by molar-refractivity contribution is 0.0500. The van der Waals surface area contributed by atoms with Crippen molar-refractivity contribution in [3.63, 3.8) is 0 Å². The van der Waals surface area contributed by atoms with Gasteiger partial charge in [-0.1, -0.05) is 26.2 Å². The van der Waals surface area contributed by atoms with Crippen molar-refractivity contribution >= 4 is 15.9 Å². The monoisotopic (exact) mass is 286 g/mol. The Morgan fingerprint density at radius 1 is 1.56 bits per heavy atom. The number of aliphatic hydroxyl groups excluding tert-OH is 1. The Bertz CT molecular complexity index is 334. The van der Waals surface area contributed by atoms with Gasteiger partial charge in [-0.15, -0.1) is 0 Å². The van der Waals surface area contributed by atoms with Crippen molar-refractivity contribution in [1.29, 1.82) is 0 Å². The van der Waals surface area contributed by atoms with E-state index in [9.17, 15) is 5.11 Å². The molecule has 1 aliphatic rings. The average Bonchev–Trinajstić information content (AvgIpc) is 2.74. The predicted octanol–water partition coefficient (Wildman–Crippen LogP) is 4.29. The maximum atomic E-state index is 10.3. The first kappa shape index (κ1) is 12.2. The van der Waals surface area contributed by atoms with Crippen LogP contribution in [-0.2, 0) is 0 Å². The van der Waals surface area contributed by atoms with Gasteiger partial charge in [-0.25, -0.2) is 0 Å². The van der Waals surface area contributed by atoms with Gasteiger partial charge >= 0.3 is 0 Å². The second-order valence-electron chi connectivity index (χ2n) is 4.78. The van der Waals surface area contributed by atoms with Crippen LogP contribution in [0.3, 0.4) is 0 Å². The van der Waals surface area contributed by atoms with Crippen molar-refractivity contribution in [3.8, 4) is 0 Å². The van der Waals surface area contributed by atoms with E-state index in [0.717, 1.165) is 23.2 Å². The maximum Gasteiger partial charge on any atom is 0.146 e. The number of halogens is 1. The van der Waals surface area contributed by atoms with E-state index < -0.39 is 6.10 Å². The van der Waals surface area contributed by atoms with Gasteiger partial charge in [-0.05, 0) is 46.7 Å². The molecule has 0 amide bonds. The average molecular weight is 287 g/mol. The minimum absolute atomic E-state index is 0.362. The molecule has 0 spiro atoms. The largest absolute Gasteiger partial charge is 0.465 e. The molecule has 3 atom stereocenters. The van der Waals surface area contributed by atoms with Gasteiger partial charge in [-0.2, -0.15) is 0 Å². The first-order valence-electron chi connectivity index (χ1n) is 6.13. The number of hydrogen-bond donors (Lipinski definition) is 1. The lowest BCUT2D eigenvalue weighted by Gasteiger charge is -2.31. The molecular formula is C13H19BrO2. The standard InChI is InChI=1S/C13H19BrO2/c1-2-9-4-3-5-10(8-9)12(15)13-11(14)6-7-16-13/h6-7,9-10,12,15H,2-5,8H2,1H3. The van der Waals surface area contributed by atoms with Crippen molar-refractivity contribution in [3.05, 3.63) is 22.6 Å². The summed E-state index contributed by atoms with van der Waals surface area (Å²) in [4.78, 5) is 0. The Labute approximate surface area is 105 Å². The zero-order valence-electron chi connectivity index (χ0n) is 9.66. The zero-order valence-corrected chi connectivity index (χ0v) is 11.2. The van der Waals surface area contributed by atoms with Gasteiger partial charge < -0.3 is 9.52 Å². The van der Waals surface area contributed by atoms with Crippen LogP contribution in [0.25, 0.3) is 0 Å². The molecule has 1 N–H and O–H groups in total. The van der Waals surface area contributed by atoms with Crippen LogP contribution in [0.2, 0.25) is 0 Å². The lowest BCUT2D eigenvalue weighted by Crippen LogP contribution is -2.21. The summed E-state index contributed by atoms with van der Waals surface area (Å²) in [5.74, 6) is 1.84. The first-order valence-corrected chi connectivity index (χ1v) is 6.92. The molecule has 0 saturated heterocycles. The third kappa shape index (κ3) is 2.51. The molecule has 1 aromatic heterocycles. The van der Waals surface area contributed by atoms with Gasteiger partial charge in [0.1, 0.15) is 11.9 Å². The Balaban J connectivity index is 2.04. The molecule has 0 bridgehead atoms. The van der Waals surface area contributed by atoms with Crippen molar-refractivity contribution < 1.29 is 9.52 Å². The summed E-state index contributed by atoms with van der Waals surface area (Å²) < 4.78 is 6.24. The highest BCUT2D eigenvalue weighted by Crippen LogP contribution is 2.40. The van der Waals surface area contributed by atoms with Crippen molar-refractivity contribution in [2.45, 2.75) is 45.1 Å². The van der Waals surface area contributed by atoms with Crippen molar-refractivity contribution in [1.82, 2.24) is 0 Å². The second kappa shape index (κ2) is 5.37. The number of hydrogen-bond acceptors (Lipinski definition) is 2. The van der Waals surface area contributed by atoms with E-state index in [0.29, 0.717) is 11.7 Å². The topological polar surface area (TPSA) is 33.4 Å². The SMILES string of the molecule is CCC1CCCC(C(O)c2occc2Br)C1. The summed E-state index contributed by atoms with van der Waals surface area (Å²) >= 11 is 3.41. The van der Waals surface area contributed by atoms with Gasteiger partial charge in [0.25, 0.3) is 0 Å². The molecule has 3 unspecified atom stereocenters. The van der Waals surface area contributed by atoms with E-state index >= 15 is 0 Å². The fourth-order valence-electron chi connectivity index (χ4n) is 2.72.